The molecule has 4 saturated carbocycles. The Balaban J connectivity index is 1.22. The van der Waals surface area contributed by atoms with Gasteiger partial charge in [-0.05, 0) is 74.5 Å². The highest BCUT2D eigenvalue weighted by molar-refractivity contribution is 5.99. The summed E-state index contributed by atoms with van der Waals surface area (Å²) in [6.45, 7) is 2.02. The highest BCUT2D eigenvalue weighted by Crippen LogP contribution is 2.66. The van der Waals surface area contributed by atoms with E-state index in [0.717, 1.165) is 37.7 Å². The van der Waals surface area contributed by atoms with Crippen LogP contribution >= 0.6 is 0 Å². The van der Waals surface area contributed by atoms with Crippen molar-refractivity contribution in [1.82, 2.24) is 0 Å². The summed E-state index contributed by atoms with van der Waals surface area (Å²) in [5.74, 6) is 0.992. The lowest BCUT2D eigenvalue weighted by Crippen LogP contribution is -2.30. The van der Waals surface area contributed by atoms with Crippen molar-refractivity contribution >= 4 is 17.5 Å². The number of rotatable bonds is 3. The fourth-order valence-corrected chi connectivity index (χ4v) is 7.25. The standard InChI is InChI=1S/C25H26O4/c1-25(10-2-3-11-25)29-24(28)14-6-4-13(5-7-14)17-12-18-19-15-8-9-16(22(15)26)20(19)21(17)23(18)27/h4-9,15-21H,2-3,10-12H2,1H3. The molecule has 7 atom stereocenters. The van der Waals surface area contributed by atoms with Crippen LogP contribution in [-0.2, 0) is 14.3 Å². The first kappa shape index (κ1) is 17.6. The van der Waals surface area contributed by atoms with Gasteiger partial charge in [-0.25, -0.2) is 4.79 Å². The second-order valence-electron chi connectivity index (χ2n) is 10.0. The summed E-state index contributed by atoms with van der Waals surface area (Å²) in [5, 5.41) is 0. The fourth-order valence-electron chi connectivity index (χ4n) is 7.25. The molecular weight excluding hydrogens is 364 g/mol. The lowest BCUT2D eigenvalue weighted by molar-refractivity contribution is -0.125. The van der Waals surface area contributed by atoms with E-state index in [0.29, 0.717) is 17.1 Å². The van der Waals surface area contributed by atoms with Gasteiger partial charge in [-0.2, -0.15) is 0 Å². The van der Waals surface area contributed by atoms with E-state index in [9.17, 15) is 14.4 Å². The lowest BCUT2D eigenvalue weighted by Gasteiger charge is -2.34. The summed E-state index contributed by atoms with van der Waals surface area (Å²) in [6, 6.07) is 7.67. The second-order valence-corrected chi connectivity index (χ2v) is 10.0. The minimum atomic E-state index is -0.330. The average molecular weight is 390 g/mol. The number of Topliss-reactive ketones (excluding diaryl/α,β-unsaturated/α-hetero) is 2. The van der Waals surface area contributed by atoms with Crippen molar-refractivity contribution in [2.45, 2.75) is 50.5 Å². The molecular formula is C25H26O4. The van der Waals surface area contributed by atoms with Crippen molar-refractivity contribution in [3.63, 3.8) is 0 Å². The molecule has 0 saturated heterocycles. The van der Waals surface area contributed by atoms with E-state index in [1.165, 1.54) is 0 Å². The van der Waals surface area contributed by atoms with Crippen molar-refractivity contribution in [3.05, 3.63) is 47.5 Å². The Morgan fingerprint density at radius 2 is 1.59 bits per heavy atom. The molecule has 0 spiro atoms. The molecule has 0 aromatic heterocycles. The van der Waals surface area contributed by atoms with Crippen molar-refractivity contribution in [2.24, 2.45) is 35.5 Å². The van der Waals surface area contributed by atoms with Gasteiger partial charge in [-0.15, -0.1) is 0 Å². The molecule has 5 aliphatic carbocycles. The Morgan fingerprint density at radius 3 is 2.28 bits per heavy atom. The van der Waals surface area contributed by atoms with Gasteiger partial charge in [0.25, 0.3) is 0 Å². The number of ether oxygens (including phenoxy) is 1. The summed E-state index contributed by atoms with van der Waals surface area (Å²) < 4.78 is 5.78. The Hall–Kier alpha value is -2.23. The average Bonchev–Trinajstić information content (AvgIpc) is 3.50. The number of esters is 1. The molecule has 0 amide bonds. The molecule has 4 fully saturated rings. The maximum atomic E-state index is 13.0. The van der Waals surface area contributed by atoms with Crippen LogP contribution in [0.15, 0.2) is 36.4 Å². The first-order valence-corrected chi connectivity index (χ1v) is 11.1. The highest BCUT2D eigenvalue weighted by atomic mass is 16.6. The SMILES string of the molecule is CC1(OC(=O)c2ccc(C3CC4C(=O)C3C3C5C=CC(C5=O)C43)cc2)CCCC1. The molecule has 0 N–H and O–H groups in total. The van der Waals surface area contributed by atoms with Crippen LogP contribution in [0.1, 0.15) is 60.9 Å². The third kappa shape index (κ3) is 2.35. The summed E-state index contributed by atoms with van der Waals surface area (Å²) in [7, 11) is 0. The number of allylic oxidation sites excluding steroid dienone is 2. The van der Waals surface area contributed by atoms with Crippen LogP contribution in [0.4, 0.5) is 0 Å². The van der Waals surface area contributed by atoms with Gasteiger partial charge in [-0.3, -0.25) is 9.59 Å². The largest absolute Gasteiger partial charge is 0.456 e. The smallest absolute Gasteiger partial charge is 0.338 e. The molecule has 0 heterocycles. The van der Waals surface area contributed by atoms with Gasteiger partial charge >= 0.3 is 5.97 Å². The van der Waals surface area contributed by atoms with Crippen LogP contribution in [0.25, 0.3) is 0 Å². The summed E-state index contributed by atoms with van der Waals surface area (Å²) in [5.41, 5.74) is 1.36. The molecule has 0 aliphatic heterocycles. The molecule has 5 aliphatic rings. The zero-order chi connectivity index (χ0) is 19.9. The molecule has 4 bridgehead atoms. The number of hydrogen-bond donors (Lipinski definition) is 0. The number of fused-ring (bicyclic) bond motifs is 9. The molecule has 7 unspecified atom stereocenters. The number of benzene rings is 1. The number of carbonyl (C=O) groups excluding carboxylic acids is 3. The third-order valence-electron chi connectivity index (χ3n) is 8.55. The van der Waals surface area contributed by atoms with Gasteiger partial charge in [0.05, 0.1) is 5.56 Å². The predicted molar refractivity (Wildman–Crippen MR) is 106 cm³/mol. The quantitative estimate of drug-likeness (QED) is 0.443. The van der Waals surface area contributed by atoms with E-state index in [1.807, 2.05) is 43.3 Å². The number of carbonyl (C=O) groups is 3. The van der Waals surface area contributed by atoms with Gasteiger partial charge in [0, 0.05) is 23.7 Å². The minimum Gasteiger partial charge on any atom is -0.456 e. The van der Waals surface area contributed by atoms with Crippen molar-refractivity contribution in [2.75, 3.05) is 0 Å². The van der Waals surface area contributed by atoms with Crippen LogP contribution in [0, 0.1) is 35.5 Å². The molecule has 6 rings (SSSR count). The van der Waals surface area contributed by atoms with Crippen LogP contribution in [0.3, 0.4) is 0 Å². The Bertz CT molecular complexity index is 936. The van der Waals surface area contributed by atoms with Crippen LogP contribution < -0.4 is 0 Å². The van der Waals surface area contributed by atoms with Crippen molar-refractivity contribution in [1.29, 1.82) is 0 Å². The van der Waals surface area contributed by atoms with Crippen molar-refractivity contribution in [3.8, 4) is 0 Å². The van der Waals surface area contributed by atoms with Gasteiger partial charge in [0.15, 0.2) is 0 Å². The number of ketones is 2. The third-order valence-corrected chi connectivity index (χ3v) is 8.55. The Labute approximate surface area is 170 Å². The molecule has 29 heavy (non-hydrogen) atoms. The lowest BCUT2D eigenvalue weighted by atomic mass is 9.68. The fraction of sp³-hybridized carbons (Fsp3) is 0.560. The van der Waals surface area contributed by atoms with E-state index in [1.54, 1.807) is 0 Å². The predicted octanol–water partition coefficient (Wildman–Crippen LogP) is 4.10. The van der Waals surface area contributed by atoms with Gasteiger partial charge in [0.1, 0.15) is 17.2 Å². The van der Waals surface area contributed by atoms with Crippen LogP contribution in [0.5, 0.6) is 0 Å². The van der Waals surface area contributed by atoms with Gasteiger partial charge in [0.2, 0.25) is 0 Å². The summed E-state index contributed by atoms with van der Waals surface area (Å²) >= 11 is 0. The maximum absolute atomic E-state index is 13.0. The normalized spacial score (nSPS) is 40.7. The first-order chi connectivity index (χ1) is 14.0. The van der Waals surface area contributed by atoms with Gasteiger partial charge in [-0.1, -0.05) is 24.3 Å². The topological polar surface area (TPSA) is 60.4 Å². The summed E-state index contributed by atoms with van der Waals surface area (Å²) in [6.07, 6.45) is 9.02. The molecule has 150 valence electrons. The molecule has 1 aromatic rings. The minimum absolute atomic E-state index is 0.0148. The molecule has 1 aromatic carbocycles. The number of hydrogen-bond acceptors (Lipinski definition) is 4. The zero-order valence-electron chi connectivity index (χ0n) is 16.7. The van der Waals surface area contributed by atoms with Crippen molar-refractivity contribution < 1.29 is 19.1 Å². The van der Waals surface area contributed by atoms with E-state index < -0.39 is 0 Å². The summed E-state index contributed by atoms with van der Waals surface area (Å²) in [4.78, 5) is 38.1. The molecule has 4 nitrogen and oxygen atoms in total. The highest BCUT2D eigenvalue weighted by Gasteiger charge is 2.68. The molecule has 4 heteroatoms. The van der Waals surface area contributed by atoms with E-state index in [4.69, 9.17) is 4.74 Å². The van der Waals surface area contributed by atoms with Crippen LogP contribution in [0.2, 0.25) is 0 Å². The Morgan fingerprint density at radius 1 is 0.931 bits per heavy atom. The zero-order valence-corrected chi connectivity index (χ0v) is 16.7. The Kier molecular flexibility index (Phi) is 3.58. The second kappa shape index (κ2) is 5.90. The van der Waals surface area contributed by atoms with Crippen LogP contribution in [-0.4, -0.2) is 23.1 Å². The van der Waals surface area contributed by atoms with E-state index in [2.05, 4.69) is 0 Å². The molecule has 0 radical (unpaired) electrons. The van der Waals surface area contributed by atoms with E-state index >= 15 is 0 Å². The van der Waals surface area contributed by atoms with Gasteiger partial charge < -0.3 is 4.74 Å². The first-order valence-electron chi connectivity index (χ1n) is 11.1. The van der Waals surface area contributed by atoms with E-state index in [-0.39, 0.29) is 53.0 Å². The maximum Gasteiger partial charge on any atom is 0.338 e. The monoisotopic (exact) mass is 390 g/mol.